The summed E-state index contributed by atoms with van der Waals surface area (Å²) in [4.78, 5) is 25.1. The van der Waals surface area contributed by atoms with Gasteiger partial charge in [0.2, 0.25) is 0 Å². The van der Waals surface area contributed by atoms with E-state index in [1.54, 1.807) is 0 Å². The summed E-state index contributed by atoms with van der Waals surface area (Å²) in [6.07, 6.45) is 8.38. The normalized spacial score (nSPS) is 38.9. The molecule has 0 unspecified atom stereocenters. The second-order valence-corrected chi connectivity index (χ2v) is 7.84. The molecule has 0 spiro atoms. The highest BCUT2D eigenvalue weighted by Gasteiger charge is 2.75. The van der Waals surface area contributed by atoms with Crippen LogP contribution in [0.25, 0.3) is 0 Å². The number of hydrogen-bond acceptors (Lipinski definition) is 3. The molecule has 1 amide bonds. The minimum absolute atomic E-state index is 0.0611. The molecule has 1 aliphatic heterocycles. The van der Waals surface area contributed by atoms with E-state index in [0.29, 0.717) is 6.42 Å². The second kappa shape index (κ2) is 4.72. The number of hydrogen-bond donors (Lipinski definition) is 1. The van der Waals surface area contributed by atoms with Crippen LogP contribution in [0.2, 0.25) is 0 Å². The Morgan fingerprint density at radius 1 is 1.10 bits per heavy atom. The number of ether oxygens (including phenoxy) is 1. The molecule has 3 fully saturated rings. The van der Waals surface area contributed by atoms with Crippen molar-refractivity contribution < 1.29 is 14.3 Å². The zero-order valence-electron chi connectivity index (χ0n) is 13.5. The summed E-state index contributed by atoms with van der Waals surface area (Å²) in [5.41, 5.74) is -1.91. The smallest absolute Gasteiger partial charge is 0.313 e. The first-order valence-corrected chi connectivity index (χ1v) is 8.38. The van der Waals surface area contributed by atoms with E-state index in [9.17, 15) is 9.59 Å². The lowest BCUT2D eigenvalue weighted by Crippen LogP contribution is -2.55. The van der Waals surface area contributed by atoms with E-state index >= 15 is 0 Å². The molecule has 0 radical (unpaired) electrons. The predicted octanol–water partition coefficient (Wildman–Crippen LogP) is 2.95. The lowest BCUT2D eigenvalue weighted by molar-refractivity contribution is -0.168. The van der Waals surface area contributed by atoms with Gasteiger partial charge in [0.15, 0.2) is 5.60 Å². The van der Waals surface area contributed by atoms with Crippen molar-refractivity contribution >= 4 is 11.9 Å². The molecular weight excluding hydrogens is 266 g/mol. The van der Waals surface area contributed by atoms with Crippen molar-refractivity contribution in [3.05, 3.63) is 0 Å². The Morgan fingerprint density at radius 3 is 2.19 bits per heavy atom. The monoisotopic (exact) mass is 293 g/mol. The van der Waals surface area contributed by atoms with Crippen LogP contribution in [0.5, 0.6) is 0 Å². The molecule has 4 heteroatoms. The molecule has 1 heterocycles. The van der Waals surface area contributed by atoms with Gasteiger partial charge in [-0.3, -0.25) is 9.59 Å². The fraction of sp³-hybridized carbons (Fsp3) is 0.882. The quantitative estimate of drug-likeness (QED) is 0.629. The van der Waals surface area contributed by atoms with Gasteiger partial charge in [0, 0.05) is 11.5 Å². The first-order chi connectivity index (χ1) is 9.83. The first-order valence-electron chi connectivity index (χ1n) is 8.38. The molecule has 1 saturated heterocycles. The van der Waals surface area contributed by atoms with Crippen LogP contribution in [-0.4, -0.2) is 23.5 Å². The van der Waals surface area contributed by atoms with Gasteiger partial charge in [-0.1, -0.05) is 39.5 Å². The molecule has 0 aromatic carbocycles. The van der Waals surface area contributed by atoms with Crippen molar-refractivity contribution in [3.8, 4) is 0 Å². The Hall–Kier alpha value is -1.06. The highest BCUT2D eigenvalue weighted by atomic mass is 16.6. The van der Waals surface area contributed by atoms with Crippen LogP contribution in [-0.2, 0) is 14.3 Å². The molecule has 0 aromatic heterocycles. The van der Waals surface area contributed by atoms with Crippen LogP contribution in [0.3, 0.4) is 0 Å². The van der Waals surface area contributed by atoms with Crippen molar-refractivity contribution in [2.24, 2.45) is 10.8 Å². The molecule has 4 nitrogen and oxygen atoms in total. The summed E-state index contributed by atoms with van der Waals surface area (Å²) in [5.74, 6) is -0.260. The first kappa shape index (κ1) is 14.9. The number of carbonyl (C=O) groups is 2. The molecule has 21 heavy (non-hydrogen) atoms. The molecule has 3 rings (SSSR count). The van der Waals surface area contributed by atoms with E-state index in [4.69, 9.17) is 4.74 Å². The van der Waals surface area contributed by atoms with E-state index in [1.807, 2.05) is 20.8 Å². The standard InChI is InChI=1S/C17H27NO3/c1-15(2)16(3)10-11-17(15,21-14(16)20)13(19)18-12-8-6-4-5-7-9-12/h12H,4-11H2,1-3H3,(H,18,19)/t16-,17+/m1/s1. The number of amides is 1. The summed E-state index contributed by atoms with van der Waals surface area (Å²) >= 11 is 0. The third-order valence-electron chi connectivity index (χ3n) is 6.64. The van der Waals surface area contributed by atoms with Gasteiger partial charge in [0.25, 0.3) is 5.91 Å². The van der Waals surface area contributed by atoms with E-state index in [1.165, 1.54) is 25.7 Å². The van der Waals surface area contributed by atoms with Gasteiger partial charge < -0.3 is 10.1 Å². The third kappa shape index (κ3) is 1.87. The van der Waals surface area contributed by atoms with E-state index in [0.717, 1.165) is 19.3 Å². The second-order valence-electron chi connectivity index (χ2n) is 7.84. The van der Waals surface area contributed by atoms with Gasteiger partial charge in [-0.2, -0.15) is 0 Å². The highest BCUT2D eigenvalue weighted by molar-refractivity contribution is 5.96. The lowest BCUT2D eigenvalue weighted by Gasteiger charge is -2.36. The Bertz CT molecular complexity index is 465. The van der Waals surface area contributed by atoms with Gasteiger partial charge in [-0.25, -0.2) is 0 Å². The molecular formula is C17H27NO3. The third-order valence-corrected chi connectivity index (χ3v) is 6.64. The van der Waals surface area contributed by atoms with Crippen molar-refractivity contribution in [3.63, 3.8) is 0 Å². The van der Waals surface area contributed by atoms with Crippen LogP contribution in [0, 0.1) is 10.8 Å². The fourth-order valence-corrected chi connectivity index (χ4v) is 4.47. The number of rotatable bonds is 2. The summed E-state index contributed by atoms with van der Waals surface area (Å²) in [6.45, 7) is 5.97. The van der Waals surface area contributed by atoms with Crippen molar-refractivity contribution in [2.75, 3.05) is 0 Å². The molecule has 1 N–H and O–H groups in total. The Kier molecular flexibility index (Phi) is 3.34. The summed E-state index contributed by atoms with van der Waals surface area (Å²) in [7, 11) is 0. The van der Waals surface area contributed by atoms with Crippen LogP contribution < -0.4 is 5.32 Å². The average molecular weight is 293 g/mol. The molecule has 3 aliphatic rings. The van der Waals surface area contributed by atoms with Gasteiger partial charge in [-0.05, 0) is 32.6 Å². The zero-order chi connectivity index (χ0) is 15.3. The number of nitrogens with one attached hydrogen (secondary N) is 1. The van der Waals surface area contributed by atoms with Crippen LogP contribution in [0.15, 0.2) is 0 Å². The maximum Gasteiger partial charge on any atom is 0.313 e. The zero-order valence-corrected chi connectivity index (χ0v) is 13.5. The molecule has 2 aliphatic carbocycles. The highest BCUT2D eigenvalue weighted by Crippen LogP contribution is 2.65. The van der Waals surface area contributed by atoms with Crippen molar-refractivity contribution in [1.29, 1.82) is 0 Å². The lowest BCUT2D eigenvalue weighted by atomic mass is 9.66. The fourth-order valence-electron chi connectivity index (χ4n) is 4.47. The Labute approximate surface area is 127 Å². The number of carbonyl (C=O) groups excluding carboxylic acids is 2. The molecule has 0 aromatic rings. The Morgan fingerprint density at radius 2 is 1.71 bits per heavy atom. The van der Waals surface area contributed by atoms with Gasteiger partial charge in [-0.15, -0.1) is 0 Å². The topological polar surface area (TPSA) is 55.4 Å². The van der Waals surface area contributed by atoms with Gasteiger partial charge in [0.1, 0.15) is 0 Å². The van der Waals surface area contributed by atoms with Gasteiger partial charge >= 0.3 is 5.97 Å². The summed E-state index contributed by atoms with van der Waals surface area (Å²) in [5, 5.41) is 3.20. The molecule has 2 bridgehead atoms. The molecule has 118 valence electrons. The maximum atomic E-state index is 12.9. The summed E-state index contributed by atoms with van der Waals surface area (Å²) < 4.78 is 5.65. The molecule has 2 saturated carbocycles. The molecule has 2 atom stereocenters. The van der Waals surface area contributed by atoms with Crippen LogP contribution in [0.1, 0.15) is 72.1 Å². The average Bonchev–Trinajstić information content (AvgIpc) is 2.66. The number of fused-ring (bicyclic) bond motifs is 2. The largest absolute Gasteiger partial charge is 0.448 e. The SMILES string of the molecule is CC1(C)[C@@]2(C(=O)NC3CCCCCC3)CC[C@]1(C)C(=O)O2. The number of esters is 1. The van der Waals surface area contributed by atoms with E-state index in [2.05, 4.69) is 5.32 Å². The van der Waals surface area contributed by atoms with Crippen molar-refractivity contribution in [1.82, 2.24) is 5.32 Å². The minimum atomic E-state index is -0.953. The minimum Gasteiger partial charge on any atom is -0.448 e. The Balaban J connectivity index is 1.79. The summed E-state index contributed by atoms with van der Waals surface area (Å²) in [6, 6.07) is 0.247. The maximum absolute atomic E-state index is 12.9. The van der Waals surface area contributed by atoms with Gasteiger partial charge in [0.05, 0.1) is 5.41 Å². The predicted molar refractivity (Wildman–Crippen MR) is 79.6 cm³/mol. The van der Waals surface area contributed by atoms with Crippen LogP contribution in [0.4, 0.5) is 0 Å². The van der Waals surface area contributed by atoms with E-state index in [-0.39, 0.29) is 17.9 Å². The van der Waals surface area contributed by atoms with E-state index < -0.39 is 16.4 Å². The van der Waals surface area contributed by atoms with Crippen molar-refractivity contribution in [2.45, 2.75) is 83.8 Å². The van der Waals surface area contributed by atoms with Crippen LogP contribution >= 0.6 is 0 Å².